The molecule has 1 aromatic rings. The minimum atomic E-state index is -1.25. The summed E-state index contributed by atoms with van der Waals surface area (Å²) in [4.78, 5) is 23.4. The third-order valence-electron chi connectivity index (χ3n) is 2.87. The third-order valence-corrected chi connectivity index (χ3v) is 2.87. The zero-order chi connectivity index (χ0) is 16.5. The summed E-state index contributed by atoms with van der Waals surface area (Å²) in [6.07, 6.45) is 1.30. The Morgan fingerprint density at radius 2 is 2.00 bits per heavy atom. The van der Waals surface area contributed by atoms with Crippen LogP contribution in [0.3, 0.4) is 0 Å². The van der Waals surface area contributed by atoms with Crippen LogP contribution in [0.1, 0.15) is 23.7 Å². The third kappa shape index (κ3) is 5.19. The number of aliphatic hydroxyl groups is 1. The Morgan fingerprint density at radius 3 is 2.50 bits per heavy atom. The summed E-state index contributed by atoms with van der Waals surface area (Å²) in [5.41, 5.74) is 1.70. The van der Waals surface area contributed by atoms with Gasteiger partial charge in [0.15, 0.2) is 0 Å². The van der Waals surface area contributed by atoms with Crippen molar-refractivity contribution in [3.8, 4) is 5.75 Å². The van der Waals surface area contributed by atoms with Crippen molar-refractivity contribution in [3.63, 3.8) is 0 Å². The van der Waals surface area contributed by atoms with Gasteiger partial charge in [-0.3, -0.25) is 14.8 Å². The van der Waals surface area contributed by atoms with Gasteiger partial charge in [-0.2, -0.15) is 0 Å². The van der Waals surface area contributed by atoms with E-state index in [1.54, 1.807) is 18.2 Å². The van der Waals surface area contributed by atoms with E-state index in [9.17, 15) is 14.7 Å². The first-order chi connectivity index (χ1) is 10.5. The van der Waals surface area contributed by atoms with Gasteiger partial charge in [0, 0.05) is 5.56 Å². The number of hydrogen-bond donors (Lipinski definition) is 4. The molecule has 0 heterocycles. The zero-order valence-corrected chi connectivity index (χ0v) is 12.3. The molecule has 0 saturated heterocycles. The Balaban J connectivity index is 2.68. The highest BCUT2D eigenvalue weighted by atomic mass is 16.5. The van der Waals surface area contributed by atoms with E-state index in [1.807, 2.05) is 0 Å². The predicted molar refractivity (Wildman–Crippen MR) is 79.6 cm³/mol. The van der Waals surface area contributed by atoms with Crippen LogP contribution in [-0.4, -0.2) is 40.9 Å². The normalized spacial score (nSPS) is 12.9. The van der Waals surface area contributed by atoms with Crippen LogP contribution in [0.15, 0.2) is 36.9 Å². The number of hydrogen-bond acceptors (Lipinski definition) is 5. The first kappa shape index (κ1) is 17.7. The number of aliphatic hydroxyl groups excluding tert-OH is 1. The second-order valence-corrected chi connectivity index (χ2v) is 4.62. The number of nitrogens with one attached hydrogen (secondary N) is 2. The summed E-state index contributed by atoms with van der Waals surface area (Å²) in [6.45, 7) is 5.41. The SMILES string of the molecule is C=CCCOc1ccc(C(=O)N[C@H](C(=O)NO)[C@@H](C)O)cc1. The number of rotatable bonds is 8. The largest absolute Gasteiger partial charge is 0.493 e. The maximum absolute atomic E-state index is 12.0. The molecule has 22 heavy (non-hydrogen) atoms. The Morgan fingerprint density at radius 1 is 1.36 bits per heavy atom. The maximum Gasteiger partial charge on any atom is 0.268 e. The Labute approximate surface area is 128 Å². The fourth-order valence-electron chi connectivity index (χ4n) is 1.66. The fraction of sp³-hybridized carbons (Fsp3) is 0.333. The molecular weight excluding hydrogens is 288 g/mol. The van der Waals surface area contributed by atoms with E-state index in [-0.39, 0.29) is 0 Å². The van der Waals surface area contributed by atoms with Gasteiger partial charge in [0.1, 0.15) is 11.8 Å². The van der Waals surface area contributed by atoms with Gasteiger partial charge in [-0.25, -0.2) is 5.48 Å². The molecule has 2 atom stereocenters. The number of hydroxylamine groups is 1. The van der Waals surface area contributed by atoms with E-state index in [0.717, 1.165) is 0 Å². The summed E-state index contributed by atoms with van der Waals surface area (Å²) in [6, 6.07) is 5.08. The van der Waals surface area contributed by atoms with Crippen molar-refractivity contribution in [1.29, 1.82) is 0 Å². The number of ether oxygens (including phenoxy) is 1. The Hall–Kier alpha value is -2.38. The molecule has 1 aromatic carbocycles. The summed E-state index contributed by atoms with van der Waals surface area (Å²) >= 11 is 0. The highest BCUT2D eigenvalue weighted by Gasteiger charge is 2.25. The summed E-state index contributed by atoms with van der Waals surface area (Å²) in [7, 11) is 0. The van der Waals surface area contributed by atoms with Gasteiger partial charge in [-0.15, -0.1) is 6.58 Å². The molecule has 0 fully saturated rings. The van der Waals surface area contributed by atoms with Gasteiger partial charge >= 0.3 is 0 Å². The van der Waals surface area contributed by atoms with Crippen molar-refractivity contribution in [2.24, 2.45) is 0 Å². The van der Waals surface area contributed by atoms with E-state index in [0.29, 0.717) is 24.3 Å². The van der Waals surface area contributed by atoms with E-state index in [4.69, 9.17) is 9.94 Å². The molecule has 7 heteroatoms. The molecule has 0 aromatic heterocycles. The van der Waals surface area contributed by atoms with Crippen molar-refractivity contribution < 1.29 is 24.6 Å². The minimum absolute atomic E-state index is 0.299. The van der Waals surface area contributed by atoms with Gasteiger partial charge < -0.3 is 15.2 Å². The molecule has 4 N–H and O–H groups in total. The predicted octanol–water partition coefficient (Wildman–Crippen LogP) is 0.626. The molecule has 0 aliphatic carbocycles. The monoisotopic (exact) mass is 308 g/mol. The van der Waals surface area contributed by atoms with Crippen molar-refractivity contribution in [2.45, 2.75) is 25.5 Å². The minimum Gasteiger partial charge on any atom is -0.493 e. The highest BCUT2D eigenvalue weighted by Crippen LogP contribution is 2.13. The number of carbonyl (C=O) groups excluding carboxylic acids is 2. The van der Waals surface area contributed by atoms with Crippen LogP contribution in [0.4, 0.5) is 0 Å². The lowest BCUT2D eigenvalue weighted by molar-refractivity contribution is -0.133. The smallest absolute Gasteiger partial charge is 0.268 e. The average molecular weight is 308 g/mol. The topological polar surface area (TPSA) is 108 Å². The van der Waals surface area contributed by atoms with E-state index in [1.165, 1.54) is 24.5 Å². The molecule has 7 nitrogen and oxygen atoms in total. The Kier molecular flexibility index (Phi) is 7.07. The van der Waals surface area contributed by atoms with Crippen molar-refractivity contribution in [2.75, 3.05) is 6.61 Å². The number of benzene rings is 1. The standard InChI is InChI=1S/C15H20N2O5/c1-3-4-9-22-12-7-5-11(6-8-12)14(19)16-13(10(2)18)15(20)17-21/h3,5-8,10,13,18,21H,1,4,9H2,2H3,(H,16,19)(H,17,20)/t10-,13+/m1/s1. The Bertz CT molecular complexity index is 513. The number of amides is 2. The first-order valence-corrected chi connectivity index (χ1v) is 6.76. The quantitative estimate of drug-likeness (QED) is 0.244. The molecule has 0 spiro atoms. The van der Waals surface area contributed by atoms with E-state index >= 15 is 0 Å². The van der Waals surface area contributed by atoms with Crippen LogP contribution < -0.4 is 15.5 Å². The number of carbonyl (C=O) groups is 2. The van der Waals surface area contributed by atoms with Gasteiger partial charge in [-0.05, 0) is 37.6 Å². The van der Waals surface area contributed by atoms with E-state index < -0.39 is 24.0 Å². The highest BCUT2D eigenvalue weighted by molar-refractivity contribution is 5.97. The molecule has 120 valence electrons. The van der Waals surface area contributed by atoms with E-state index in [2.05, 4.69) is 11.9 Å². The van der Waals surface area contributed by atoms with Gasteiger partial charge in [0.05, 0.1) is 12.7 Å². The fourth-order valence-corrected chi connectivity index (χ4v) is 1.66. The van der Waals surface area contributed by atoms with Crippen LogP contribution in [0, 0.1) is 0 Å². The summed E-state index contributed by atoms with van der Waals surface area (Å²) in [5, 5.41) is 20.4. The van der Waals surface area contributed by atoms with Crippen LogP contribution in [0.5, 0.6) is 5.75 Å². The molecule has 0 aliphatic rings. The lowest BCUT2D eigenvalue weighted by Gasteiger charge is -2.19. The summed E-state index contributed by atoms with van der Waals surface area (Å²) in [5.74, 6) is -0.835. The van der Waals surface area contributed by atoms with Gasteiger partial charge in [-0.1, -0.05) is 6.08 Å². The second-order valence-electron chi connectivity index (χ2n) is 4.62. The van der Waals surface area contributed by atoms with Crippen LogP contribution in [0.2, 0.25) is 0 Å². The van der Waals surface area contributed by atoms with Crippen LogP contribution in [-0.2, 0) is 4.79 Å². The molecule has 0 saturated carbocycles. The summed E-state index contributed by atoms with van der Waals surface area (Å²) < 4.78 is 5.42. The molecule has 0 aliphatic heterocycles. The first-order valence-electron chi connectivity index (χ1n) is 6.76. The maximum atomic E-state index is 12.0. The van der Waals surface area contributed by atoms with Crippen LogP contribution >= 0.6 is 0 Å². The second kappa shape index (κ2) is 8.81. The molecule has 0 radical (unpaired) electrons. The van der Waals surface area contributed by atoms with Crippen molar-refractivity contribution >= 4 is 11.8 Å². The zero-order valence-electron chi connectivity index (χ0n) is 12.3. The average Bonchev–Trinajstić information content (AvgIpc) is 2.52. The molecule has 0 bridgehead atoms. The van der Waals surface area contributed by atoms with Crippen LogP contribution in [0.25, 0.3) is 0 Å². The van der Waals surface area contributed by atoms with Gasteiger partial charge in [0.25, 0.3) is 11.8 Å². The van der Waals surface area contributed by atoms with Gasteiger partial charge in [0.2, 0.25) is 0 Å². The van der Waals surface area contributed by atoms with Crippen molar-refractivity contribution in [1.82, 2.24) is 10.8 Å². The van der Waals surface area contributed by atoms with Crippen molar-refractivity contribution in [3.05, 3.63) is 42.5 Å². The lowest BCUT2D eigenvalue weighted by atomic mass is 10.1. The molecule has 0 unspecified atom stereocenters. The molecular formula is C15H20N2O5. The molecule has 1 rings (SSSR count). The molecule has 2 amide bonds. The lowest BCUT2D eigenvalue weighted by Crippen LogP contribution is -2.51.